The van der Waals surface area contributed by atoms with Crippen molar-refractivity contribution in [3.05, 3.63) is 48.3 Å². The minimum absolute atomic E-state index is 0.0506. The smallest absolute Gasteiger partial charge is 0.253 e. The fourth-order valence-electron chi connectivity index (χ4n) is 3.79. The Morgan fingerprint density at radius 3 is 2.64 bits per heavy atom. The number of anilines is 1. The van der Waals surface area contributed by atoms with Gasteiger partial charge >= 0.3 is 0 Å². The quantitative estimate of drug-likeness (QED) is 0.855. The number of hydrogen-bond acceptors (Lipinski definition) is 4. The monoisotopic (exact) mass is 340 g/mol. The molecule has 25 heavy (non-hydrogen) atoms. The molecule has 0 atom stereocenters. The molecule has 1 aromatic carbocycles. The lowest BCUT2D eigenvalue weighted by Crippen LogP contribution is -2.58. The Labute approximate surface area is 148 Å². The number of carbonyl (C=O) groups excluding carboxylic acids is 1. The van der Waals surface area contributed by atoms with Gasteiger partial charge in [0.25, 0.3) is 5.91 Å². The second kappa shape index (κ2) is 6.61. The van der Waals surface area contributed by atoms with Gasteiger partial charge in [-0.05, 0) is 25.0 Å². The fraction of sp³-hybridized carbons (Fsp3) is 0.474. The zero-order valence-corrected chi connectivity index (χ0v) is 14.6. The number of piperidine rings is 1. The first-order valence-corrected chi connectivity index (χ1v) is 8.83. The average molecular weight is 340 g/mol. The van der Waals surface area contributed by atoms with E-state index in [1.54, 1.807) is 0 Å². The Bertz CT molecular complexity index is 735. The predicted molar refractivity (Wildman–Crippen MR) is 95.2 cm³/mol. The van der Waals surface area contributed by atoms with Gasteiger partial charge in [-0.15, -0.1) is 0 Å². The Morgan fingerprint density at radius 2 is 1.96 bits per heavy atom. The van der Waals surface area contributed by atoms with Gasteiger partial charge in [-0.1, -0.05) is 18.2 Å². The highest BCUT2D eigenvalue weighted by Crippen LogP contribution is 2.33. The number of benzene rings is 1. The van der Waals surface area contributed by atoms with Crippen molar-refractivity contribution in [1.82, 2.24) is 14.7 Å². The highest BCUT2D eigenvalue weighted by molar-refractivity contribution is 5.95. The molecule has 6 heteroatoms. The summed E-state index contributed by atoms with van der Waals surface area (Å²) in [6.45, 7) is 3.71. The Hall–Kier alpha value is -2.18. The largest absolute Gasteiger partial charge is 0.363 e. The minimum Gasteiger partial charge on any atom is -0.363 e. The third-order valence-electron chi connectivity index (χ3n) is 5.25. The zero-order valence-electron chi connectivity index (χ0n) is 14.6. The number of hydrogen-bond donors (Lipinski definition) is 0. The van der Waals surface area contributed by atoms with E-state index in [0.29, 0.717) is 6.54 Å². The van der Waals surface area contributed by atoms with Crippen LogP contribution in [0.3, 0.4) is 0 Å². The number of para-hydroxylation sites is 1. The summed E-state index contributed by atoms with van der Waals surface area (Å²) in [5, 5.41) is 4.24. The van der Waals surface area contributed by atoms with Crippen LogP contribution in [0, 0.1) is 0 Å². The van der Waals surface area contributed by atoms with Crippen molar-refractivity contribution in [3.8, 4) is 0 Å². The van der Waals surface area contributed by atoms with Gasteiger partial charge in [0.1, 0.15) is 6.61 Å². The second-order valence-electron chi connectivity index (χ2n) is 7.09. The van der Waals surface area contributed by atoms with E-state index in [2.05, 4.69) is 16.2 Å². The van der Waals surface area contributed by atoms with Crippen molar-refractivity contribution in [3.63, 3.8) is 0 Å². The molecule has 2 saturated heterocycles. The second-order valence-corrected chi connectivity index (χ2v) is 7.09. The Morgan fingerprint density at radius 1 is 1.20 bits per heavy atom. The van der Waals surface area contributed by atoms with Crippen LogP contribution in [0.1, 0.15) is 18.4 Å². The van der Waals surface area contributed by atoms with E-state index < -0.39 is 0 Å². The van der Waals surface area contributed by atoms with Gasteiger partial charge in [0.2, 0.25) is 0 Å². The molecule has 2 aromatic rings. The van der Waals surface area contributed by atoms with Gasteiger partial charge < -0.3 is 9.64 Å². The molecule has 0 aliphatic carbocycles. The number of carbonyl (C=O) groups is 1. The van der Waals surface area contributed by atoms with Crippen LogP contribution in [0.4, 0.5) is 5.69 Å². The maximum absolute atomic E-state index is 12.3. The normalized spacial score (nSPS) is 21.0. The van der Waals surface area contributed by atoms with Crippen LogP contribution in [0.2, 0.25) is 0 Å². The number of amides is 1. The summed E-state index contributed by atoms with van der Waals surface area (Å²) < 4.78 is 7.88. The van der Waals surface area contributed by atoms with Crippen LogP contribution in [0.15, 0.2) is 42.7 Å². The maximum Gasteiger partial charge on any atom is 0.253 e. The summed E-state index contributed by atoms with van der Waals surface area (Å²) in [5.41, 5.74) is 1.99. The van der Waals surface area contributed by atoms with Crippen molar-refractivity contribution in [1.29, 1.82) is 0 Å². The molecule has 2 fully saturated rings. The average Bonchev–Trinajstić information content (AvgIpc) is 3.05. The van der Waals surface area contributed by atoms with E-state index >= 15 is 0 Å². The minimum atomic E-state index is -0.213. The van der Waals surface area contributed by atoms with Crippen LogP contribution in [-0.4, -0.2) is 52.4 Å². The number of nitrogens with zero attached hydrogens (tertiary/aromatic N) is 4. The van der Waals surface area contributed by atoms with E-state index in [-0.39, 0.29) is 18.1 Å². The van der Waals surface area contributed by atoms with Crippen LogP contribution in [0.5, 0.6) is 0 Å². The molecule has 0 N–H and O–H groups in total. The molecule has 6 nitrogen and oxygen atoms in total. The number of ether oxygens (including phenoxy) is 1. The maximum atomic E-state index is 12.3. The number of aromatic nitrogens is 2. The summed E-state index contributed by atoms with van der Waals surface area (Å²) in [5.74, 6) is 0.0506. The fourth-order valence-corrected chi connectivity index (χ4v) is 3.79. The number of morpholine rings is 1. The lowest BCUT2D eigenvalue weighted by molar-refractivity contribution is -0.144. The summed E-state index contributed by atoms with van der Waals surface area (Å²) in [7, 11) is 1.94. The van der Waals surface area contributed by atoms with Crippen LogP contribution in [0.25, 0.3) is 0 Å². The molecule has 2 aliphatic rings. The van der Waals surface area contributed by atoms with Crippen molar-refractivity contribution in [2.75, 3.05) is 31.1 Å². The van der Waals surface area contributed by atoms with Crippen molar-refractivity contribution >= 4 is 11.6 Å². The molecule has 0 bridgehead atoms. The molecule has 3 heterocycles. The van der Waals surface area contributed by atoms with Gasteiger partial charge in [0, 0.05) is 44.1 Å². The predicted octanol–water partition coefficient (Wildman–Crippen LogP) is 1.82. The molecule has 1 aromatic heterocycles. The van der Waals surface area contributed by atoms with Gasteiger partial charge in [-0.2, -0.15) is 5.10 Å². The first-order valence-electron chi connectivity index (χ1n) is 8.83. The lowest BCUT2D eigenvalue weighted by Gasteiger charge is -2.47. The third kappa shape index (κ3) is 3.45. The third-order valence-corrected chi connectivity index (χ3v) is 5.25. The van der Waals surface area contributed by atoms with E-state index in [0.717, 1.165) is 38.2 Å². The molecule has 0 saturated carbocycles. The van der Waals surface area contributed by atoms with E-state index in [1.165, 1.54) is 5.56 Å². The van der Waals surface area contributed by atoms with Crippen LogP contribution >= 0.6 is 0 Å². The summed E-state index contributed by atoms with van der Waals surface area (Å²) >= 11 is 0. The number of rotatable bonds is 3. The highest BCUT2D eigenvalue weighted by atomic mass is 16.5. The highest BCUT2D eigenvalue weighted by Gasteiger charge is 2.42. The molecule has 1 amide bonds. The summed E-state index contributed by atoms with van der Waals surface area (Å²) in [6.07, 6.45) is 5.89. The standard InChI is InChI=1S/C19H24N4O2/c1-21-12-16(11-20-21)13-22-9-7-19(8-10-22)15-23(18(24)14-25-19)17-5-3-2-4-6-17/h2-6,11-12H,7-10,13-15H2,1H3. The van der Waals surface area contributed by atoms with Crippen molar-refractivity contribution in [2.24, 2.45) is 7.05 Å². The van der Waals surface area contributed by atoms with E-state index in [1.807, 2.05) is 53.2 Å². The molecule has 4 rings (SSSR count). The topological polar surface area (TPSA) is 50.6 Å². The molecule has 0 unspecified atom stereocenters. The molecule has 1 spiro atoms. The van der Waals surface area contributed by atoms with Gasteiger partial charge in [0.05, 0.1) is 18.3 Å². The number of likely N-dealkylation sites (tertiary alicyclic amines) is 1. The molecular weight excluding hydrogens is 316 g/mol. The Kier molecular flexibility index (Phi) is 4.31. The SMILES string of the molecule is Cn1cc(CN2CCC3(CC2)CN(c2ccccc2)C(=O)CO3)cn1. The lowest BCUT2D eigenvalue weighted by atomic mass is 9.89. The first-order chi connectivity index (χ1) is 12.1. The van der Waals surface area contributed by atoms with Crippen LogP contribution in [-0.2, 0) is 23.1 Å². The summed E-state index contributed by atoms with van der Waals surface area (Å²) in [6, 6.07) is 9.91. The molecule has 132 valence electrons. The van der Waals surface area contributed by atoms with Crippen molar-refractivity contribution in [2.45, 2.75) is 25.0 Å². The van der Waals surface area contributed by atoms with Crippen molar-refractivity contribution < 1.29 is 9.53 Å². The Balaban J connectivity index is 1.41. The van der Waals surface area contributed by atoms with Crippen LogP contribution < -0.4 is 4.90 Å². The summed E-state index contributed by atoms with van der Waals surface area (Å²) in [4.78, 5) is 16.6. The molecular formula is C19H24N4O2. The zero-order chi connectivity index (χ0) is 17.3. The van der Waals surface area contributed by atoms with Gasteiger partial charge in [-0.3, -0.25) is 14.4 Å². The number of aryl methyl sites for hydroxylation is 1. The molecule has 2 aliphatic heterocycles. The van der Waals surface area contributed by atoms with Gasteiger partial charge in [0.15, 0.2) is 0 Å². The van der Waals surface area contributed by atoms with E-state index in [4.69, 9.17) is 4.74 Å². The molecule has 0 radical (unpaired) electrons. The van der Waals surface area contributed by atoms with Gasteiger partial charge in [-0.25, -0.2) is 0 Å². The first kappa shape index (κ1) is 16.3. The van der Waals surface area contributed by atoms with E-state index in [9.17, 15) is 4.79 Å².